The summed E-state index contributed by atoms with van der Waals surface area (Å²) in [5.74, 6) is 0.486. The number of hydrogen-bond donors (Lipinski definition) is 2. The van der Waals surface area contributed by atoms with Crippen LogP contribution in [0.2, 0.25) is 0 Å². The summed E-state index contributed by atoms with van der Waals surface area (Å²) in [5.41, 5.74) is 3.65. The predicted molar refractivity (Wildman–Crippen MR) is 128 cm³/mol. The van der Waals surface area contributed by atoms with Gasteiger partial charge >= 0.3 is 11.9 Å². The second kappa shape index (κ2) is 9.87. The second-order valence-corrected chi connectivity index (χ2v) is 9.58. The number of hydrogen-bond acceptors (Lipinski definition) is 6. The Morgan fingerprint density at radius 2 is 2.26 bits per heavy atom. The Labute approximate surface area is 200 Å². The molecule has 1 aromatic heterocycles. The lowest BCUT2D eigenvalue weighted by atomic mass is 9.80. The normalized spacial score (nSPS) is 24.4. The van der Waals surface area contributed by atoms with Crippen LogP contribution in [-0.2, 0) is 0 Å². The topological polar surface area (TPSA) is 72.2 Å². The lowest BCUT2D eigenvalue weighted by Crippen LogP contribution is -2.42. The summed E-state index contributed by atoms with van der Waals surface area (Å²) >= 11 is 0. The van der Waals surface area contributed by atoms with E-state index in [2.05, 4.69) is 26.7 Å². The largest absolute Gasteiger partial charge is 0.494 e. The van der Waals surface area contributed by atoms with Crippen molar-refractivity contribution >= 4 is 11.4 Å². The van der Waals surface area contributed by atoms with Crippen molar-refractivity contribution in [3.63, 3.8) is 0 Å². The summed E-state index contributed by atoms with van der Waals surface area (Å²) in [6.45, 7) is 5.50. The number of rotatable bonds is 7. The molecule has 3 aliphatic rings. The van der Waals surface area contributed by atoms with Gasteiger partial charge in [0.05, 0.1) is 12.8 Å². The van der Waals surface area contributed by atoms with Crippen LogP contribution < -0.4 is 25.1 Å². The molecule has 0 radical (unpaired) electrons. The number of aliphatic imine (C=N–C) groups is 1. The van der Waals surface area contributed by atoms with Crippen LogP contribution in [-0.4, -0.2) is 64.1 Å². The third kappa shape index (κ3) is 4.61. The van der Waals surface area contributed by atoms with Crippen molar-refractivity contribution in [1.82, 2.24) is 15.5 Å². The molecule has 180 valence electrons. The number of nitrogens with one attached hydrogen (secondary N) is 2. The van der Waals surface area contributed by atoms with E-state index >= 15 is 0 Å². The molecule has 2 unspecified atom stereocenters. The maximum absolute atomic E-state index is 14.7. The number of likely N-dealkylation sites (tertiary alicyclic amines) is 1. The molecule has 0 bridgehead atoms. The van der Waals surface area contributed by atoms with Crippen molar-refractivity contribution in [3.8, 4) is 11.5 Å². The Morgan fingerprint density at radius 3 is 3.00 bits per heavy atom. The minimum atomic E-state index is -0.340. The van der Waals surface area contributed by atoms with Crippen LogP contribution in [0.4, 0.5) is 10.1 Å². The minimum Gasteiger partial charge on any atom is -0.494 e. The molecule has 2 atom stereocenters. The number of piperidine rings is 1. The highest BCUT2D eigenvalue weighted by Crippen LogP contribution is 2.46. The van der Waals surface area contributed by atoms with E-state index in [-0.39, 0.29) is 17.6 Å². The quantitative estimate of drug-likeness (QED) is 0.611. The van der Waals surface area contributed by atoms with Gasteiger partial charge in [0, 0.05) is 50.3 Å². The number of halogens is 1. The third-order valence-electron chi connectivity index (χ3n) is 7.36. The van der Waals surface area contributed by atoms with Gasteiger partial charge in [-0.3, -0.25) is 4.90 Å². The molecule has 2 saturated heterocycles. The molecule has 7 nitrogen and oxygen atoms in total. The van der Waals surface area contributed by atoms with Crippen LogP contribution in [0.5, 0.6) is 11.5 Å². The Bertz CT molecular complexity index is 1040. The third-order valence-corrected chi connectivity index (χ3v) is 7.36. The van der Waals surface area contributed by atoms with Gasteiger partial charge in [-0.25, -0.2) is 9.38 Å². The predicted octanol–water partition coefficient (Wildman–Crippen LogP) is 2.47. The molecule has 3 aliphatic heterocycles. The van der Waals surface area contributed by atoms with E-state index in [0.717, 1.165) is 55.4 Å². The first-order valence-electron chi connectivity index (χ1n) is 12.2. The van der Waals surface area contributed by atoms with Gasteiger partial charge in [0.2, 0.25) is 5.75 Å². The minimum absolute atomic E-state index is 0.0533. The van der Waals surface area contributed by atoms with Gasteiger partial charge in [-0.2, -0.15) is 0 Å². The van der Waals surface area contributed by atoms with E-state index < -0.39 is 0 Å². The van der Waals surface area contributed by atoms with Crippen LogP contribution in [0, 0.1) is 17.4 Å². The smallest absolute Gasteiger partial charge is 0.362 e. The molecule has 0 amide bonds. The van der Waals surface area contributed by atoms with Crippen LogP contribution in [0.15, 0.2) is 29.3 Å². The number of fused-ring (bicyclic) bond motifs is 1. The second-order valence-electron chi connectivity index (χ2n) is 9.58. The molecule has 8 heteroatoms. The molecule has 1 spiro atoms. The zero-order valence-corrected chi connectivity index (χ0v) is 20.0. The number of nitrogens with zero attached hydrogens (tertiary/aromatic N) is 3. The van der Waals surface area contributed by atoms with Crippen LogP contribution in [0.3, 0.4) is 0 Å². The highest BCUT2D eigenvalue weighted by molar-refractivity contribution is 6.01. The lowest BCUT2D eigenvalue weighted by molar-refractivity contribution is -0.297. The average molecular weight is 467 g/mol. The average Bonchev–Trinajstić information content (AvgIpc) is 3.27. The summed E-state index contributed by atoms with van der Waals surface area (Å²) < 4.78 is 25.7. The molecular formula is C26H33FN5O2+. The molecule has 2 N–H and O–H groups in total. The molecule has 34 heavy (non-hydrogen) atoms. The van der Waals surface area contributed by atoms with Gasteiger partial charge in [0.15, 0.2) is 11.6 Å². The summed E-state index contributed by atoms with van der Waals surface area (Å²) in [5, 5.41) is 6.64. The van der Waals surface area contributed by atoms with E-state index in [1.807, 2.05) is 19.2 Å². The maximum Gasteiger partial charge on any atom is 0.362 e. The fraction of sp³-hybridized carbons (Fsp3) is 0.538. The van der Waals surface area contributed by atoms with Crippen molar-refractivity contribution in [2.45, 2.75) is 31.7 Å². The van der Waals surface area contributed by atoms with Gasteiger partial charge in [-0.1, -0.05) is 0 Å². The Morgan fingerprint density at radius 1 is 1.35 bits per heavy atom. The standard InChI is InChI=1S/C26H33FN5O2/c1-28-9-11-34-18-4-5-21(30-15-18)23-13-24(19-12-20(27)25(33-2)14-22(19)31-23)32-10-7-26(17-32)6-3-8-29-16-26/h4-5,12,14,24,28-29H,3,6-11,13,16-17H2,1-2H3/q+1. The zero-order chi connectivity index (χ0) is 23.5. The molecule has 5 rings (SSSR count). The number of aromatic nitrogens is 1. The number of methoxy groups -OCH3 is 1. The molecule has 2 fully saturated rings. The van der Waals surface area contributed by atoms with Crippen LogP contribution in [0.1, 0.15) is 43.0 Å². The molecular weight excluding hydrogens is 433 g/mol. The monoisotopic (exact) mass is 466 g/mol. The zero-order valence-electron chi connectivity index (χ0n) is 20.0. The summed E-state index contributed by atoms with van der Waals surface area (Å²) in [4.78, 5) is 11.9. The Balaban J connectivity index is 1.43. The number of ether oxygens (including phenoxy) is 2. The van der Waals surface area contributed by atoms with E-state index in [1.54, 1.807) is 12.1 Å². The van der Waals surface area contributed by atoms with Gasteiger partial charge < -0.3 is 20.1 Å². The first-order chi connectivity index (χ1) is 16.6. The van der Waals surface area contributed by atoms with Gasteiger partial charge in [0.25, 0.3) is 0 Å². The highest BCUT2D eigenvalue weighted by Gasteiger charge is 2.43. The van der Waals surface area contributed by atoms with E-state index in [1.165, 1.54) is 26.4 Å². The van der Waals surface area contributed by atoms with E-state index in [0.29, 0.717) is 24.2 Å². The molecule has 0 aliphatic carbocycles. The van der Waals surface area contributed by atoms with Gasteiger partial charge in [-0.15, -0.1) is 0 Å². The van der Waals surface area contributed by atoms with Gasteiger partial charge in [0.1, 0.15) is 12.3 Å². The van der Waals surface area contributed by atoms with Gasteiger partial charge in [-0.05, 0) is 61.4 Å². The Kier molecular flexibility index (Phi) is 6.68. The molecule has 4 heterocycles. The fourth-order valence-electron chi connectivity index (χ4n) is 5.51. The summed E-state index contributed by atoms with van der Waals surface area (Å²) in [6, 6.07) is 7.20. The van der Waals surface area contributed by atoms with Crippen LogP contribution in [0.25, 0.3) is 0 Å². The van der Waals surface area contributed by atoms with Crippen molar-refractivity contribution in [1.29, 1.82) is 0 Å². The molecule has 0 saturated carbocycles. The molecule has 2 aromatic rings. The van der Waals surface area contributed by atoms with E-state index in [9.17, 15) is 4.39 Å². The van der Waals surface area contributed by atoms with Crippen molar-refractivity contribution in [3.05, 3.63) is 47.5 Å². The molecule has 1 aromatic carbocycles. The maximum atomic E-state index is 14.7. The van der Waals surface area contributed by atoms with Crippen LogP contribution >= 0.6 is 0 Å². The Hall–Kier alpha value is -2.73. The van der Waals surface area contributed by atoms with Crippen molar-refractivity contribution in [2.24, 2.45) is 10.4 Å². The van der Waals surface area contributed by atoms with Crippen molar-refractivity contribution < 1.29 is 18.8 Å². The van der Waals surface area contributed by atoms with E-state index in [4.69, 9.17) is 14.5 Å². The first-order valence-corrected chi connectivity index (χ1v) is 12.2. The number of likely N-dealkylation sites (N-methyl/N-ethyl adjacent to an activating group) is 1. The summed E-state index contributed by atoms with van der Waals surface area (Å²) in [7, 11) is 3.37. The highest BCUT2D eigenvalue weighted by atomic mass is 19.1. The SMILES string of the molecule is CNCCOc1c#[n+]c(C2=Nc3cc(OC)c(F)cc3C(N3CCC4(CCCNC4)C3)C2)cc1. The lowest BCUT2D eigenvalue weighted by Gasteiger charge is -2.36. The number of benzene rings is 1. The first kappa shape index (κ1) is 23.0. The summed E-state index contributed by atoms with van der Waals surface area (Å²) in [6.07, 6.45) is 7.31. The van der Waals surface area contributed by atoms with Crippen molar-refractivity contribution in [2.75, 3.05) is 53.5 Å². The fourth-order valence-corrected chi connectivity index (χ4v) is 5.51.